The molecule has 1 aromatic heterocycles. The number of ether oxygens (including phenoxy) is 1. The van der Waals surface area contributed by atoms with Crippen LogP contribution in [-0.4, -0.2) is 47.0 Å². The fraction of sp³-hybridized carbons (Fsp3) is 0.714. The van der Waals surface area contributed by atoms with Crippen molar-refractivity contribution in [2.45, 2.75) is 116 Å². The molecule has 1 heterocycles. The Labute approximate surface area is 217 Å². The predicted octanol–water partition coefficient (Wildman–Crippen LogP) is 5.11. The molecule has 0 spiro atoms. The van der Waals surface area contributed by atoms with E-state index in [9.17, 15) is 14.4 Å². The first-order chi connectivity index (χ1) is 17.5. The SMILES string of the molecule is CCCCCCCC/C=C\CCCCCCCC(=O)n1cnc(CC(NC(=O)CCN)C(=O)OC)c1. The molecule has 0 aliphatic rings. The van der Waals surface area contributed by atoms with Gasteiger partial charge >= 0.3 is 5.97 Å². The second-order valence-electron chi connectivity index (χ2n) is 9.39. The zero-order chi connectivity index (χ0) is 26.4. The van der Waals surface area contributed by atoms with Crippen LogP contribution in [0.25, 0.3) is 0 Å². The molecule has 0 aliphatic carbocycles. The number of rotatable bonds is 21. The predicted molar refractivity (Wildman–Crippen MR) is 144 cm³/mol. The molecule has 1 aromatic rings. The minimum absolute atomic E-state index is 0.0202. The summed E-state index contributed by atoms with van der Waals surface area (Å²) in [5.41, 5.74) is 5.92. The lowest BCUT2D eigenvalue weighted by atomic mass is 10.1. The van der Waals surface area contributed by atoms with Gasteiger partial charge in [0.25, 0.3) is 0 Å². The lowest BCUT2D eigenvalue weighted by molar-refractivity contribution is -0.145. The topological polar surface area (TPSA) is 116 Å². The van der Waals surface area contributed by atoms with Gasteiger partial charge in [-0.15, -0.1) is 0 Å². The minimum atomic E-state index is -0.863. The highest BCUT2D eigenvalue weighted by atomic mass is 16.5. The number of carbonyl (C=O) groups excluding carboxylic acids is 3. The molecule has 8 nitrogen and oxygen atoms in total. The average molecular weight is 505 g/mol. The van der Waals surface area contributed by atoms with Crippen LogP contribution in [0.1, 0.15) is 114 Å². The van der Waals surface area contributed by atoms with Gasteiger partial charge in [-0.25, -0.2) is 9.78 Å². The molecule has 1 amide bonds. The fourth-order valence-corrected chi connectivity index (χ4v) is 4.02. The van der Waals surface area contributed by atoms with Crippen molar-refractivity contribution in [2.75, 3.05) is 13.7 Å². The van der Waals surface area contributed by atoms with Crippen molar-refractivity contribution in [1.82, 2.24) is 14.9 Å². The number of nitrogens with zero attached hydrogens (tertiary/aromatic N) is 2. The van der Waals surface area contributed by atoms with Crippen molar-refractivity contribution in [3.8, 4) is 0 Å². The highest BCUT2D eigenvalue weighted by Gasteiger charge is 2.23. The van der Waals surface area contributed by atoms with Crippen LogP contribution in [0.15, 0.2) is 24.7 Å². The summed E-state index contributed by atoms with van der Waals surface area (Å²) in [6, 6.07) is -0.863. The number of carbonyl (C=O) groups is 3. The molecule has 0 fully saturated rings. The summed E-state index contributed by atoms with van der Waals surface area (Å²) in [7, 11) is 1.26. The number of amides is 1. The average Bonchev–Trinajstić information content (AvgIpc) is 3.34. The van der Waals surface area contributed by atoms with Gasteiger partial charge in [-0.2, -0.15) is 0 Å². The van der Waals surface area contributed by atoms with E-state index in [1.165, 1.54) is 75.8 Å². The Morgan fingerprint density at radius 1 is 0.972 bits per heavy atom. The third-order valence-electron chi connectivity index (χ3n) is 6.18. The van der Waals surface area contributed by atoms with Gasteiger partial charge in [0.2, 0.25) is 11.8 Å². The first-order valence-corrected chi connectivity index (χ1v) is 13.8. The number of imidazole rings is 1. The van der Waals surface area contributed by atoms with E-state index < -0.39 is 12.0 Å². The Hall–Kier alpha value is -2.48. The first kappa shape index (κ1) is 31.5. The van der Waals surface area contributed by atoms with Gasteiger partial charge in [0, 0.05) is 32.0 Å². The highest BCUT2D eigenvalue weighted by molar-refractivity contribution is 5.84. The van der Waals surface area contributed by atoms with Crippen LogP contribution in [0.3, 0.4) is 0 Å². The molecule has 1 rings (SSSR count). The van der Waals surface area contributed by atoms with Crippen LogP contribution in [0, 0.1) is 0 Å². The number of nitrogens with one attached hydrogen (secondary N) is 1. The number of allylic oxidation sites excluding steroid dienone is 2. The number of methoxy groups -OCH3 is 1. The lowest BCUT2D eigenvalue weighted by Crippen LogP contribution is -2.43. The van der Waals surface area contributed by atoms with Crippen molar-refractivity contribution in [3.05, 3.63) is 30.4 Å². The molecule has 1 unspecified atom stereocenters. The summed E-state index contributed by atoms with van der Waals surface area (Å²) in [5.74, 6) is -0.907. The van der Waals surface area contributed by atoms with Crippen LogP contribution < -0.4 is 11.1 Å². The third kappa shape index (κ3) is 14.8. The summed E-state index contributed by atoms with van der Waals surface area (Å²) in [4.78, 5) is 40.5. The van der Waals surface area contributed by atoms with Gasteiger partial charge in [-0.1, -0.05) is 70.4 Å². The van der Waals surface area contributed by atoms with E-state index in [1.807, 2.05) is 0 Å². The largest absolute Gasteiger partial charge is 0.467 e. The Morgan fingerprint density at radius 2 is 1.58 bits per heavy atom. The number of hydrogen-bond donors (Lipinski definition) is 2. The van der Waals surface area contributed by atoms with E-state index in [-0.39, 0.29) is 31.2 Å². The van der Waals surface area contributed by atoms with E-state index in [0.29, 0.717) is 12.1 Å². The molecule has 3 N–H and O–H groups in total. The van der Waals surface area contributed by atoms with E-state index in [2.05, 4.69) is 29.4 Å². The Morgan fingerprint density at radius 3 is 2.19 bits per heavy atom. The van der Waals surface area contributed by atoms with Crippen LogP contribution in [0.2, 0.25) is 0 Å². The van der Waals surface area contributed by atoms with Gasteiger partial charge in [-0.05, 0) is 32.1 Å². The smallest absolute Gasteiger partial charge is 0.328 e. The van der Waals surface area contributed by atoms with Crippen LogP contribution in [0.4, 0.5) is 0 Å². The van der Waals surface area contributed by atoms with Gasteiger partial charge in [-0.3, -0.25) is 14.2 Å². The molecule has 0 saturated heterocycles. The maximum Gasteiger partial charge on any atom is 0.328 e. The van der Waals surface area contributed by atoms with Crippen molar-refractivity contribution < 1.29 is 19.1 Å². The van der Waals surface area contributed by atoms with E-state index in [0.717, 1.165) is 25.7 Å². The summed E-state index contributed by atoms with van der Waals surface area (Å²) < 4.78 is 6.22. The van der Waals surface area contributed by atoms with Crippen molar-refractivity contribution in [1.29, 1.82) is 0 Å². The third-order valence-corrected chi connectivity index (χ3v) is 6.18. The second-order valence-corrected chi connectivity index (χ2v) is 9.39. The normalized spacial score (nSPS) is 12.1. The number of nitrogens with two attached hydrogens (primary N) is 1. The van der Waals surface area contributed by atoms with Crippen molar-refractivity contribution in [3.63, 3.8) is 0 Å². The summed E-state index contributed by atoms with van der Waals surface area (Å²) in [6.45, 7) is 2.45. The zero-order valence-corrected chi connectivity index (χ0v) is 22.5. The maximum atomic E-state index is 12.5. The van der Waals surface area contributed by atoms with Crippen molar-refractivity contribution in [2.24, 2.45) is 5.73 Å². The van der Waals surface area contributed by atoms with Gasteiger partial charge in [0.1, 0.15) is 12.4 Å². The van der Waals surface area contributed by atoms with Gasteiger partial charge in [0.15, 0.2) is 0 Å². The Bertz CT molecular complexity index is 775. The molecule has 0 radical (unpaired) electrons. The van der Waals surface area contributed by atoms with Crippen LogP contribution in [0.5, 0.6) is 0 Å². The quantitative estimate of drug-likeness (QED) is 0.136. The maximum absolute atomic E-state index is 12.5. The molecular weight excluding hydrogens is 456 g/mol. The molecule has 204 valence electrons. The molecule has 8 heteroatoms. The molecule has 0 bridgehead atoms. The van der Waals surface area contributed by atoms with Gasteiger partial charge in [0.05, 0.1) is 12.8 Å². The Balaban J connectivity index is 2.19. The molecule has 36 heavy (non-hydrogen) atoms. The number of unbranched alkanes of at least 4 members (excludes halogenated alkanes) is 11. The van der Waals surface area contributed by atoms with Crippen molar-refractivity contribution >= 4 is 17.8 Å². The monoisotopic (exact) mass is 504 g/mol. The summed E-state index contributed by atoms with van der Waals surface area (Å²) >= 11 is 0. The van der Waals surface area contributed by atoms with E-state index in [1.54, 1.807) is 6.20 Å². The minimum Gasteiger partial charge on any atom is -0.467 e. The van der Waals surface area contributed by atoms with E-state index >= 15 is 0 Å². The lowest BCUT2D eigenvalue weighted by Gasteiger charge is -2.15. The fourth-order valence-electron chi connectivity index (χ4n) is 4.02. The number of esters is 1. The number of hydrogen-bond acceptors (Lipinski definition) is 6. The van der Waals surface area contributed by atoms with Crippen LogP contribution in [-0.2, 0) is 20.7 Å². The summed E-state index contributed by atoms with van der Waals surface area (Å²) in [5, 5.41) is 2.61. The van der Waals surface area contributed by atoms with Crippen LogP contribution >= 0.6 is 0 Å². The Kier molecular flexibility index (Phi) is 18.1. The highest BCUT2D eigenvalue weighted by Crippen LogP contribution is 2.11. The standard InChI is InChI=1S/C28H48N4O4/c1-3-4-5-6-7-8-9-10-11-12-13-14-15-16-17-18-27(34)32-22-24(30-23-32)21-25(28(35)36-2)31-26(33)19-20-29/h10-11,22-23,25H,3-9,12-21,29H2,1-2H3,(H,31,33)/b11-10-. The molecule has 0 aliphatic heterocycles. The molecular formula is C28H48N4O4. The summed E-state index contributed by atoms with van der Waals surface area (Å²) in [6.07, 6.45) is 24.3. The molecule has 0 saturated carbocycles. The second kappa shape index (κ2) is 20.7. The first-order valence-electron chi connectivity index (χ1n) is 13.8. The number of aromatic nitrogens is 2. The molecule has 0 aromatic carbocycles. The van der Waals surface area contributed by atoms with Gasteiger partial charge < -0.3 is 15.8 Å². The molecule has 1 atom stereocenters. The zero-order valence-electron chi connectivity index (χ0n) is 22.5. The van der Waals surface area contributed by atoms with E-state index in [4.69, 9.17) is 10.5 Å².